The van der Waals surface area contributed by atoms with Crippen molar-refractivity contribution in [2.24, 2.45) is 5.92 Å². The number of piperidine rings is 1. The van der Waals surface area contributed by atoms with E-state index in [4.69, 9.17) is 9.47 Å². The molecule has 0 unspecified atom stereocenters. The molecule has 1 amide bonds. The molecule has 1 atom stereocenters. The molecule has 1 saturated heterocycles. The average Bonchev–Trinajstić information content (AvgIpc) is 3.73. The van der Waals surface area contributed by atoms with E-state index in [1.165, 1.54) is 0 Å². The summed E-state index contributed by atoms with van der Waals surface area (Å²) in [4.78, 5) is 30.6. The first-order chi connectivity index (χ1) is 17.8. The van der Waals surface area contributed by atoms with Crippen molar-refractivity contribution in [2.75, 3.05) is 24.6 Å². The number of halogens is 1. The van der Waals surface area contributed by atoms with E-state index < -0.39 is 5.60 Å². The van der Waals surface area contributed by atoms with Gasteiger partial charge < -0.3 is 19.3 Å². The lowest BCUT2D eigenvalue weighted by molar-refractivity contribution is -0.159. The standard InChI is InChI=1S/C30H39BrN2O4/c1-4-5-18-36-29(35)30(2,3)37-27-10-6-9-26(19-27)32-17-7-8-23(21-32)28(34)33(25-15-16-25)20-22-11-13-24(31)14-12-22/h6,9-14,19,23,25H,4-5,7-8,15-18,20-21H2,1-3H3/t23-/m0/s1. The summed E-state index contributed by atoms with van der Waals surface area (Å²) in [7, 11) is 0. The number of unbranched alkanes of at least 4 members (excludes halogenated alkanes) is 1. The molecule has 7 heteroatoms. The molecule has 4 rings (SSSR count). The van der Waals surface area contributed by atoms with Crippen molar-refractivity contribution >= 4 is 33.5 Å². The molecule has 2 fully saturated rings. The quantitative estimate of drug-likeness (QED) is 0.232. The number of anilines is 1. The summed E-state index contributed by atoms with van der Waals surface area (Å²) in [6, 6.07) is 16.4. The second-order valence-corrected chi connectivity index (χ2v) is 11.6. The van der Waals surface area contributed by atoms with Crippen LogP contribution >= 0.6 is 15.9 Å². The first-order valence-corrected chi connectivity index (χ1v) is 14.3. The van der Waals surface area contributed by atoms with Crippen LogP contribution in [0.1, 0.15) is 64.9 Å². The molecule has 1 saturated carbocycles. The third-order valence-corrected chi connectivity index (χ3v) is 7.61. The molecule has 0 spiro atoms. The van der Waals surface area contributed by atoms with Gasteiger partial charge in [-0.05, 0) is 75.8 Å². The molecular formula is C30H39BrN2O4. The summed E-state index contributed by atoms with van der Waals surface area (Å²) in [6.45, 7) is 8.19. The molecule has 2 aromatic rings. The van der Waals surface area contributed by atoms with E-state index in [-0.39, 0.29) is 17.8 Å². The highest BCUT2D eigenvalue weighted by Crippen LogP contribution is 2.33. The lowest BCUT2D eigenvalue weighted by Crippen LogP contribution is -2.45. The molecule has 2 aromatic carbocycles. The molecule has 200 valence electrons. The second-order valence-electron chi connectivity index (χ2n) is 10.7. The largest absolute Gasteiger partial charge is 0.476 e. The van der Waals surface area contributed by atoms with Gasteiger partial charge >= 0.3 is 5.97 Å². The fourth-order valence-corrected chi connectivity index (χ4v) is 5.03. The Morgan fingerprint density at radius 2 is 1.86 bits per heavy atom. The average molecular weight is 572 g/mol. The van der Waals surface area contributed by atoms with Crippen LogP contribution in [0.5, 0.6) is 5.75 Å². The third-order valence-electron chi connectivity index (χ3n) is 7.09. The van der Waals surface area contributed by atoms with Crippen molar-refractivity contribution in [2.45, 2.75) is 77.5 Å². The highest BCUT2D eigenvalue weighted by Gasteiger charge is 2.37. The summed E-state index contributed by atoms with van der Waals surface area (Å²) in [6.07, 6.45) is 5.87. The van der Waals surface area contributed by atoms with Crippen molar-refractivity contribution in [3.05, 3.63) is 58.6 Å². The minimum absolute atomic E-state index is 0.0284. The molecule has 0 bridgehead atoms. The Kier molecular flexibility index (Phi) is 9.17. The van der Waals surface area contributed by atoms with Crippen LogP contribution in [0, 0.1) is 5.92 Å². The van der Waals surface area contributed by atoms with Crippen molar-refractivity contribution in [3.8, 4) is 5.75 Å². The van der Waals surface area contributed by atoms with Crippen molar-refractivity contribution in [1.29, 1.82) is 0 Å². The monoisotopic (exact) mass is 570 g/mol. The number of hydrogen-bond donors (Lipinski definition) is 0. The Morgan fingerprint density at radius 3 is 2.57 bits per heavy atom. The molecule has 0 N–H and O–H groups in total. The summed E-state index contributed by atoms with van der Waals surface area (Å²) in [5.74, 6) is 0.497. The fraction of sp³-hybridized carbons (Fsp3) is 0.533. The van der Waals surface area contributed by atoms with Crippen LogP contribution in [0.2, 0.25) is 0 Å². The Bertz CT molecular complexity index is 1070. The van der Waals surface area contributed by atoms with Gasteiger partial charge in [-0.15, -0.1) is 0 Å². The van der Waals surface area contributed by atoms with Crippen LogP contribution in [0.4, 0.5) is 5.69 Å². The normalized spacial score (nSPS) is 17.8. The van der Waals surface area contributed by atoms with Crippen LogP contribution in [0.25, 0.3) is 0 Å². The SMILES string of the molecule is CCCCOC(=O)C(C)(C)Oc1cccc(N2CCC[C@H](C(=O)N(Cc3ccc(Br)cc3)C3CC3)C2)c1. The number of amides is 1. The predicted molar refractivity (Wildman–Crippen MR) is 150 cm³/mol. The number of benzene rings is 2. The lowest BCUT2D eigenvalue weighted by atomic mass is 9.95. The maximum absolute atomic E-state index is 13.7. The first-order valence-electron chi connectivity index (χ1n) is 13.5. The Hall–Kier alpha value is -2.54. The number of hydrogen-bond acceptors (Lipinski definition) is 5. The van der Waals surface area contributed by atoms with Gasteiger partial charge in [-0.25, -0.2) is 4.79 Å². The van der Waals surface area contributed by atoms with E-state index in [1.807, 2.05) is 36.4 Å². The second kappa shape index (κ2) is 12.3. The van der Waals surface area contributed by atoms with Crippen LogP contribution in [0.3, 0.4) is 0 Å². The molecule has 37 heavy (non-hydrogen) atoms. The van der Waals surface area contributed by atoms with E-state index in [0.717, 1.165) is 60.8 Å². The smallest absolute Gasteiger partial charge is 0.349 e. The zero-order valence-electron chi connectivity index (χ0n) is 22.2. The first kappa shape index (κ1) is 27.5. The van der Waals surface area contributed by atoms with Gasteiger partial charge in [-0.2, -0.15) is 0 Å². The molecule has 1 aliphatic heterocycles. The van der Waals surface area contributed by atoms with Gasteiger partial charge in [0.25, 0.3) is 0 Å². The summed E-state index contributed by atoms with van der Waals surface area (Å²) < 4.78 is 12.5. The molecule has 1 heterocycles. The minimum Gasteiger partial charge on any atom is -0.476 e. The van der Waals surface area contributed by atoms with Gasteiger partial charge in [-0.1, -0.05) is 47.5 Å². The number of carbonyl (C=O) groups is 2. The minimum atomic E-state index is -1.08. The van der Waals surface area contributed by atoms with E-state index in [9.17, 15) is 9.59 Å². The summed E-state index contributed by atoms with van der Waals surface area (Å²) in [5, 5.41) is 0. The van der Waals surface area contributed by atoms with Gasteiger partial charge in [0, 0.05) is 41.9 Å². The molecule has 1 aliphatic carbocycles. The van der Waals surface area contributed by atoms with E-state index >= 15 is 0 Å². The fourth-order valence-electron chi connectivity index (χ4n) is 4.77. The predicted octanol–water partition coefficient (Wildman–Crippen LogP) is 6.36. The topological polar surface area (TPSA) is 59.1 Å². The maximum Gasteiger partial charge on any atom is 0.349 e. The van der Waals surface area contributed by atoms with Crippen LogP contribution < -0.4 is 9.64 Å². The molecule has 6 nitrogen and oxygen atoms in total. The summed E-state index contributed by atoms with van der Waals surface area (Å²) in [5.41, 5.74) is 1.10. The van der Waals surface area contributed by atoms with Crippen molar-refractivity contribution < 1.29 is 19.1 Å². The Morgan fingerprint density at radius 1 is 1.11 bits per heavy atom. The zero-order chi connectivity index (χ0) is 26.4. The summed E-state index contributed by atoms with van der Waals surface area (Å²) >= 11 is 3.50. The van der Waals surface area contributed by atoms with Crippen LogP contribution in [-0.4, -0.2) is 48.1 Å². The highest BCUT2D eigenvalue weighted by molar-refractivity contribution is 9.10. The molecular weight excluding hydrogens is 532 g/mol. The number of nitrogens with zero attached hydrogens (tertiary/aromatic N) is 2. The highest BCUT2D eigenvalue weighted by atomic mass is 79.9. The van der Waals surface area contributed by atoms with Gasteiger partial charge in [0.15, 0.2) is 5.60 Å². The number of ether oxygens (including phenoxy) is 2. The van der Waals surface area contributed by atoms with Gasteiger partial charge in [0.2, 0.25) is 5.91 Å². The van der Waals surface area contributed by atoms with E-state index in [1.54, 1.807) is 13.8 Å². The number of esters is 1. The number of carbonyl (C=O) groups excluding carboxylic acids is 2. The van der Waals surface area contributed by atoms with Crippen LogP contribution in [-0.2, 0) is 20.9 Å². The number of rotatable bonds is 11. The van der Waals surface area contributed by atoms with E-state index in [0.29, 0.717) is 31.5 Å². The zero-order valence-corrected chi connectivity index (χ0v) is 23.8. The maximum atomic E-state index is 13.7. The van der Waals surface area contributed by atoms with Gasteiger partial charge in [-0.3, -0.25) is 4.79 Å². The van der Waals surface area contributed by atoms with Gasteiger partial charge in [0.1, 0.15) is 5.75 Å². The molecule has 0 aromatic heterocycles. The van der Waals surface area contributed by atoms with E-state index in [2.05, 4.69) is 44.8 Å². The Labute approximate surface area is 229 Å². The van der Waals surface area contributed by atoms with Gasteiger partial charge in [0.05, 0.1) is 12.5 Å². The lowest BCUT2D eigenvalue weighted by Gasteiger charge is -2.36. The van der Waals surface area contributed by atoms with Crippen molar-refractivity contribution in [3.63, 3.8) is 0 Å². The Balaban J connectivity index is 1.40. The van der Waals surface area contributed by atoms with Crippen molar-refractivity contribution in [1.82, 2.24) is 4.90 Å². The van der Waals surface area contributed by atoms with Crippen LogP contribution in [0.15, 0.2) is 53.0 Å². The third kappa shape index (κ3) is 7.50. The molecule has 2 aliphatic rings. The molecule has 0 radical (unpaired) electrons.